The molecule has 1 fully saturated rings. The Hall–Kier alpha value is -0.430. The number of hydrogen-bond donors (Lipinski definition) is 1. The first-order valence-electron chi connectivity index (χ1n) is 6.25. The number of benzene rings is 1. The second kappa shape index (κ2) is 6.35. The van der Waals surface area contributed by atoms with Crippen molar-refractivity contribution < 1.29 is 13.2 Å². The molecule has 1 aromatic carbocycles. The quantitative estimate of drug-likeness (QED) is 0.768. The van der Waals surface area contributed by atoms with Crippen LogP contribution in [0.3, 0.4) is 0 Å². The first-order valence-corrected chi connectivity index (χ1v) is 8.65. The molecular formula is C13H18BrNO3S. The zero-order valence-corrected chi connectivity index (χ0v) is 13.2. The molecule has 19 heavy (non-hydrogen) atoms. The van der Waals surface area contributed by atoms with Crippen molar-refractivity contribution >= 4 is 26.0 Å². The average molecular weight is 348 g/mol. The van der Waals surface area contributed by atoms with Crippen molar-refractivity contribution in [3.8, 4) is 0 Å². The maximum atomic E-state index is 12.0. The van der Waals surface area contributed by atoms with Crippen LogP contribution in [-0.4, -0.2) is 33.0 Å². The number of halogens is 1. The molecule has 6 heteroatoms. The van der Waals surface area contributed by atoms with Gasteiger partial charge in [0.2, 0.25) is 10.0 Å². The lowest BCUT2D eigenvalue weighted by molar-refractivity contribution is 0.200. The standard InChI is InChI=1S/C13H18BrNO3S/c1-18-9-11(14)8-10-2-6-13(7-3-10)19(16,17)15-12-4-5-12/h2-3,6-7,11-12,15H,4-5,8-9H2,1H3. The van der Waals surface area contributed by atoms with Gasteiger partial charge in [-0.05, 0) is 37.0 Å². The Morgan fingerprint density at radius 1 is 1.37 bits per heavy atom. The number of hydrogen-bond acceptors (Lipinski definition) is 3. The molecule has 0 bridgehead atoms. The van der Waals surface area contributed by atoms with Gasteiger partial charge in [-0.25, -0.2) is 13.1 Å². The fourth-order valence-corrected chi connectivity index (χ4v) is 3.73. The zero-order chi connectivity index (χ0) is 13.9. The van der Waals surface area contributed by atoms with Crippen molar-refractivity contribution in [1.82, 2.24) is 4.72 Å². The molecule has 1 aliphatic rings. The Bertz CT molecular complexity index is 511. The van der Waals surface area contributed by atoms with Crippen molar-refractivity contribution in [1.29, 1.82) is 0 Å². The van der Waals surface area contributed by atoms with E-state index in [1.54, 1.807) is 19.2 Å². The Balaban J connectivity index is 2.01. The smallest absolute Gasteiger partial charge is 0.240 e. The average Bonchev–Trinajstić information content (AvgIpc) is 3.13. The maximum Gasteiger partial charge on any atom is 0.240 e. The van der Waals surface area contributed by atoms with Crippen LogP contribution in [0.15, 0.2) is 29.2 Å². The number of ether oxygens (including phenoxy) is 1. The molecule has 1 N–H and O–H groups in total. The maximum absolute atomic E-state index is 12.0. The van der Waals surface area contributed by atoms with Crippen LogP contribution in [0.2, 0.25) is 0 Å². The van der Waals surface area contributed by atoms with Crippen molar-refractivity contribution in [3.63, 3.8) is 0 Å². The van der Waals surface area contributed by atoms with E-state index in [4.69, 9.17) is 4.74 Å². The Morgan fingerprint density at radius 2 is 2.00 bits per heavy atom. The van der Waals surface area contributed by atoms with E-state index in [0.717, 1.165) is 24.8 Å². The Morgan fingerprint density at radius 3 is 2.53 bits per heavy atom. The first kappa shape index (κ1) is 15.0. The van der Waals surface area contributed by atoms with Crippen LogP contribution in [-0.2, 0) is 21.2 Å². The van der Waals surface area contributed by atoms with Crippen molar-refractivity contribution in [3.05, 3.63) is 29.8 Å². The Labute approximate surface area is 122 Å². The topological polar surface area (TPSA) is 55.4 Å². The minimum Gasteiger partial charge on any atom is -0.384 e. The van der Waals surface area contributed by atoms with Crippen LogP contribution < -0.4 is 4.72 Å². The van der Waals surface area contributed by atoms with Gasteiger partial charge in [-0.3, -0.25) is 0 Å². The minimum absolute atomic E-state index is 0.137. The van der Waals surface area contributed by atoms with E-state index in [1.807, 2.05) is 12.1 Å². The monoisotopic (exact) mass is 347 g/mol. The molecule has 2 rings (SSSR count). The molecule has 0 spiro atoms. The highest BCUT2D eigenvalue weighted by molar-refractivity contribution is 9.09. The van der Waals surface area contributed by atoms with Gasteiger partial charge in [0.1, 0.15) is 0 Å². The predicted octanol–water partition coefficient (Wildman–Crippen LogP) is 2.08. The largest absolute Gasteiger partial charge is 0.384 e. The highest BCUT2D eigenvalue weighted by atomic mass is 79.9. The summed E-state index contributed by atoms with van der Waals surface area (Å²) in [6.07, 6.45) is 2.70. The second-order valence-electron chi connectivity index (χ2n) is 4.80. The summed E-state index contributed by atoms with van der Waals surface area (Å²) in [5.74, 6) is 0. The molecule has 0 radical (unpaired) electrons. The third-order valence-corrected chi connectivity index (χ3v) is 5.06. The van der Waals surface area contributed by atoms with E-state index in [2.05, 4.69) is 20.7 Å². The third-order valence-electron chi connectivity index (χ3n) is 2.94. The summed E-state index contributed by atoms with van der Waals surface area (Å²) >= 11 is 3.52. The van der Waals surface area contributed by atoms with Crippen LogP contribution in [0.1, 0.15) is 18.4 Å². The van der Waals surface area contributed by atoms with Crippen molar-refractivity contribution in [2.75, 3.05) is 13.7 Å². The van der Waals surface area contributed by atoms with Gasteiger partial charge in [0.25, 0.3) is 0 Å². The number of methoxy groups -OCH3 is 1. The van der Waals surface area contributed by atoms with Gasteiger partial charge in [0, 0.05) is 18.0 Å². The zero-order valence-electron chi connectivity index (χ0n) is 10.8. The molecule has 1 aliphatic carbocycles. The van der Waals surface area contributed by atoms with E-state index >= 15 is 0 Å². The van der Waals surface area contributed by atoms with E-state index in [1.165, 1.54) is 0 Å². The fraction of sp³-hybridized carbons (Fsp3) is 0.538. The van der Waals surface area contributed by atoms with Crippen LogP contribution in [0, 0.1) is 0 Å². The van der Waals surface area contributed by atoms with Crippen molar-refractivity contribution in [2.45, 2.75) is 35.0 Å². The second-order valence-corrected chi connectivity index (χ2v) is 7.81. The third kappa shape index (κ3) is 4.56. The summed E-state index contributed by atoms with van der Waals surface area (Å²) in [6, 6.07) is 7.16. The molecular weight excluding hydrogens is 330 g/mol. The Kier molecular flexibility index (Phi) is 5.00. The molecule has 1 unspecified atom stereocenters. The summed E-state index contributed by atoms with van der Waals surface area (Å²) in [5, 5.41) is 0. The van der Waals surface area contributed by atoms with Crippen LogP contribution in [0.5, 0.6) is 0 Å². The van der Waals surface area contributed by atoms with Gasteiger partial charge in [-0.2, -0.15) is 0 Å². The molecule has 0 aliphatic heterocycles. The minimum atomic E-state index is -3.34. The molecule has 1 aromatic rings. The SMILES string of the molecule is COCC(Br)Cc1ccc(S(=O)(=O)NC2CC2)cc1. The molecule has 1 saturated carbocycles. The number of sulfonamides is 1. The van der Waals surface area contributed by atoms with Crippen LogP contribution in [0.4, 0.5) is 0 Å². The van der Waals surface area contributed by atoms with Gasteiger partial charge >= 0.3 is 0 Å². The summed E-state index contributed by atoms with van der Waals surface area (Å²) in [4.78, 5) is 0.575. The molecule has 106 valence electrons. The summed E-state index contributed by atoms with van der Waals surface area (Å²) in [5.41, 5.74) is 1.09. The van der Waals surface area contributed by atoms with Gasteiger partial charge in [0.15, 0.2) is 0 Å². The number of alkyl halides is 1. The highest BCUT2D eigenvalue weighted by Gasteiger charge is 2.27. The van der Waals surface area contributed by atoms with Gasteiger partial charge in [-0.1, -0.05) is 28.1 Å². The first-order chi connectivity index (χ1) is 9.01. The summed E-state index contributed by atoms with van der Waals surface area (Å²) in [7, 11) is -1.68. The molecule has 0 aromatic heterocycles. The normalized spacial score (nSPS) is 17.4. The van der Waals surface area contributed by atoms with Crippen LogP contribution in [0.25, 0.3) is 0 Å². The van der Waals surface area contributed by atoms with Gasteiger partial charge in [0.05, 0.1) is 11.5 Å². The number of nitrogens with one attached hydrogen (secondary N) is 1. The highest BCUT2D eigenvalue weighted by Crippen LogP contribution is 2.22. The lowest BCUT2D eigenvalue weighted by Gasteiger charge is -2.10. The molecule has 1 atom stereocenters. The summed E-state index contributed by atoms with van der Waals surface area (Å²) < 4.78 is 31.7. The van der Waals surface area contributed by atoms with E-state index in [0.29, 0.717) is 11.5 Å². The molecule has 0 saturated heterocycles. The lowest BCUT2D eigenvalue weighted by atomic mass is 10.1. The summed E-state index contributed by atoms with van der Waals surface area (Å²) in [6.45, 7) is 0.628. The fourth-order valence-electron chi connectivity index (χ4n) is 1.79. The van der Waals surface area contributed by atoms with Gasteiger partial charge < -0.3 is 4.74 Å². The lowest BCUT2D eigenvalue weighted by Crippen LogP contribution is -2.25. The van der Waals surface area contributed by atoms with Crippen LogP contribution >= 0.6 is 15.9 Å². The van der Waals surface area contributed by atoms with Gasteiger partial charge in [-0.15, -0.1) is 0 Å². The van der Waals surface area contributed by atoms with E-state index < -0.39 is 10.0 Å². The van der Waals surface area contributed by atoms with E-state index in [-0.39, 0.29) is 10.9 Å². The van der Waals surface area contributed by atoms with E-state index in [9.17, 15) is 8.42 Å². The van der Waals surface area contributed by atoms with Crippen molar-refractivity contribution in [2.24, 2.45) is 0 Å². The molecule has 0 amide bonds. The molecule has 4 nitrogen and oxygen atoms in total. The molecule has 0 heterocycles. The number of rotatable bonds is 7. The predicted molar refractivity (Wildman–Crippen MR) is 78.1 cm³/mol.